The van der Waals surface area contributed by atoms with Gasteiger partial charge >= 0.3 is 28.7 Å². The van der Waals surface area contributed by atoms with Crippen LogP contribution in [0.1, 0.15) is 12.8 Å². The van der Waals surface area contributed by atoms with Crippen molar-refractivity contribution in [1.82, 2.24) is 19.8 Å². The average Bonchev–Trinajstić information content (AvgIpc) is 3.08. The summed E-state index contributed by atoms with van der Waals surface area (Å²) in [5.74, 6) is 1.21. The second kappa shape index (κ2) is 6.07. The van der Waals surface area contributed by atoms with Gasteiger partial charge in [-0.25, -0.2) is 4.79 Å². The van der Waals surface area contributed by atoms with Crippen molar-refractivity contribution in [3.05, 3.63) is 35.1 Å². The molecule has 7 heteroatoms. The Morgan fingerprint density at radius 1 is 1.39 bits per heavy atom. The van der Waals surface area contributed by atoms with Crippen molar-refractivity contribution in [2.45, 2.75) is 12.8 Å². The van der Waals surface area contributed by atoms with Gasteiger partial charge in [0.05, 0.1) is 0 Å². The maximum Gasteiger partial charge on any atom is 2.00 e. The topological polar surface area (TPSA) is 52.7 Å². The van der Waals surface area contributed by atoms with E-state index in [9.17, 15) is 4.79 Å². The Bertz CT molecular complexity index is 529. The largest absolute Gasteiger partial charge is 2.00 e. The van der Waals surface area contributed by atoms with Crippen molar-refractivity contribution in [1.29, 1.82) is 0 Å². The van der Waals surface area contributed by atoms with Crippen molar-refractivity contribution >= 4 is 28.7 Å². The summed E-state index contributed by atoms with van der Waals surface area (Å²) in [6, 6.07) is 0. The minimum absolute atomic E-state index is 0. The fourth-order valence-electron chi connectivity index (χ4n) is 1.98. The number of aromatic nitrogens is 4. The quantitative estimate of drug-likeness (QED) is 0.438. The molecule has 3 rings (SSSR count). The summed E-state index contributed by atoms with van der Waals surface area (Å²) in [5, 5.41) is 7.55. The van der Waals surface area contributed by atoms with Crippen molar-refractivity contribution in [2.24, 2.45) is 18.9 Å². The van der Waals surface area contributed by atoms with Gasteiger partial charge in [-0.1, -0.05) is 24.5 Å². The van der Waals surface area contributed by atoms with Gasteiger partial charge < -0.3 is 17.0 Å². The second-order valence-electron chi connectivity index (χ2n) is 4.35. The summed E-state index contributed by atoms with van der Waals surface area (Å²) in [7, 11) is 1.60. The molecule has 0 spiro atoms. The molecule has 18 heavy (non-hydrogen) atoms. The van der Waals surface area contributed by atoms with Crippen LogP contribution < -0.4 is 22.7 Å². The summed E-state index contributed by atoms with van der Waals surface area (Å²) in [6.07, 6.45) is 10.8. The molecule has 0 amide bonds. The van der Waals surface area contributed by atoms with Crippen LogP contribution in [0.2, 0.25) is 0 Å². The molecule has 0 aliphatic heterocycles. The predicted molar refractivity (Wildman–Crippen MR) is 64.9 cm³/mol. The first-order valence-corrected chi connectivity index (χ1v) is 5.48. The average molecular weight is 321 g/mol. The van der Waals surface area contributed by atoms with Crippen LogP contribution in [0.5, 0.6) is 0 Å². The zero-order chi connectivity index (χ0) is 11.1. The number of halogens is 1. The minimum atomic E-state index is -0.202. The van der Waals surface area contributed by atoms with Crippen LogP contribution in [-0.4, -0.2) is 42.8 Å². The van der Waals surface area contributed by atoms with Gasteiger partial charge in [0.25, 0.3) is 0 Å². The van der Waals surface area contributed by atoms with Gasteiger partial charge in [-0.05, 0) is 16.3 Å². The molecule has 1 fully saturated rings. The first-order chi connectivity index (χ1) is 7.75. The van der Waals surface area contributed by atoms with E-state index in [4.69, 9.17) is 0 Å². The van der Waals surface area contributed by atoms with Crippen LogP contribution in [0.3, 0.4) is 0 Å². The maximum absolute atomic E-state index is 11.7. The third-order valence-corrected chi connectivity index (χ3v) is 3.10. The van der Waals surface area contributed by atoms with E-state index in [0.29, 0.717) is 5.92 Å². The van der Waals surface area contributed by atoms with Crippen molar-refractivity contribution < 1.29 is 17.0 Å². The molecule has 0 aromatic carbocycles. The number of hydrogen-bond donors (Lipinski definition) is 0. The summed E-state index contributed by atoms with van der Waals surface area (Å²) >= 11 is 0. The number of allylic oxidation sites excluding steroid dienone is 4. The number of aryl methyl sites for hydroxylation is 1. The van der Waals surface area contributed by atoms with Gasteiger partial charge in [0.15, 0.2) is 0 Å². The third kappa shape index (κ3) is 2.89. The fraction of sp³-hybridized carbons (Fsp3) is 0.455. The molecule has 1 heterocycles. The van der Waals surface area contributed by atoms with E-state index >= 15 is 0 Å². The van der Waals surface area contributed by atoms with E-state index in [1.54, 1.807) is 7.05 Å². The Morgan fingerprint density at radius 2 is 2.11 bits per heavy atom. The number of hydrogen-bond acceptors (Lipinski definition) is 3. The van der Waals surface area contributed by atoms with Crippen molar-refractivity contribution in [3.63, 3.8) is 0 Å². The molecule has 0 saturated heterocycles. The van der Waals surface area contributed by atoms with Crippen LogP contribution in [0.15, 0.2) is 23.0 Å². The number of tetrazole rings is 1. The Balaban J connectivity index is 0.000000810. The summed E-state index contributed by atoms with van der Waals surface area (Å²) in [4.78, 5) is 11.7. The Kier molecular flexibility index (Phi) is 5.24. The standard InChI is InChI=1S/C11H13N4O.BrH.Mg/c1-14-11(16)15(13-12-14)10-4-2-3-9(7-10)8-5-6-8;;/h2-4,7-9H,5-6H2,1H3;1H;/q-1;;+2/p-1. The molecule has 5 nitrogen and oxygen atoms in total. The Hall–Kier alpha value is -0.534. The maximum atomic E-state index is 11.7. The molecule has 92 valence electrons. The zero-order valence-electron chi connectivity index (χ0n) is 10.2. The summed E-state index contributed by atoms with van der Waals surface area (Å²) in [6.45, 7) is 0. The number of rotatable bonds is 2. The van der Waals surface area contributed by atoms with Gasteiger partial charge in [-0.2, -0.15) is 21.9 Å². The van der Waals surface area contributed by atoms with Crippen LogP contribution >= 0.6 is 0 Å². The second-order valence-corrected chi connectivity index (χ2v) is 4.35. The van der Waals surface area contributed by atoms with Crippen LogP contribution in [0.25, 0.3) is 5.70 Å². The molecule has 1 unspecified atom stereocenters. The zero-order valence-corrected chi connectivity index (χ0v) is 13.2. The molecule has 2 aliphatic rings. The van der Waals surface area contributed by atoms with Gasteiger partial charge in [-0.3, -0.25) is 0 Å². The van der Waals surface area contributed by atoms with Gasteiger partial charge in [0, 0.05) is 7.05 Å². The molecule has 0 radical (unpaired) electrons. The molecule has 0 bridgehead atoms. The van der Waals surface area contributed by atoms with E-state index in [1.165, 1.54) is 22.2 Å². The molecule has 2 aliphatic carbocycles. The molecule has 1 atom stereocenters. The van der Waals surface area contributed by atoms with E-state index in [-0.39, 0.29) is 45.7 Å². The molecule has 1 saturated carbocycles. The Morgan fingerprint density at radius 3 is 2.67 bits per heavy atom. The van der Waals surface area contributed by atoms with E-state index in [1.807, 2.05) is 12.2 Å². The number of nitrogens with zero attached hydrogens (tertiary/aromatic N) is 4. The Labute approximate surface area is 132 Å². The first-order valence-electron chi connectivity index (χ1n) is 5.48. The van der Waals surface area contributed by atoms with Crippen LogP contribution in [0, 0.1) is 18.3 Å². The summed E-state index contributed by atoms with van der Waals surface area (Å²) < 4.78 is 2.58. The van der Waals surface area contributed by atoms with Crippen molar-refractivity contribution in [3.8, 4) is 0 Å². The van der Waals surface area contributed by atoms with E-state index in [0.717, 1.165) is 11.6 Å². The van der Waals surface area contributed by atoms with Gasteiger partial charge in [-0.15, -0.1) is 12.2 Å². The van der Waals surface area contributed by atoms with Crippen LogP contribution in [0.4, 0.5) is 0 Å². The van der Waals surface area contributed by atoms with Crippen LogP contribution in [-0.2, 0) is 7.05 Å². The smallest absolute Gasteiger partial charge is 1.00 e. The minimum Gasteiger partial charge on any atom is -1.00 e. The normalized spacial score (nSPS) is 21.4. The van der Waals surface area contributed by atoms with E-state index in [2.05, 4.69) is 22.9 Å². The fourth-order valence-corrected chi connectivity index (χ4v) is 1.98. The summed E-state index contributed by atoms with van der Waals surface area (Å²) in [5.41, 5.74) is 0.629. The SMILES string of the molecule is Cn1nnn(C2=CC=CC(C3CC3)[CH-]2)c1=O.[Br-].[Mg+2]. The third-order valence-electron chi connectivity index (χ3n) is 3.10. The van der Waals surface area contributed by atoms with Gasteiger partial charge in [0.2, 0.25) is 0 Å². The molecular weight excluding hydrogens is 308 g/mol. The molecule has 1 aromatic rings. The van der Waals surface area contributed by atoms with E-state index < -0.39 is 0 Å². The molecule has 1 aromatic heterocycles. The molecular formula is C11H13BrMgN4O. The first kappa shape index (κ1) is 15.5. The molecule has 0 N–H and O–H groups in total. The van der Waals surface area contributed by atoms with Gasteiger partial charge in [0.1, 0.15) is 0 Å². The predicted octanol–water partition coefficient (Wildman–Crippen LogP) is -2.76. The van der Waals surface area contributed by atoms with Crippen molar-refractivity contribution in [2.75, 3.05) is 0 Å². The monoisotopic (exact) mass is 320 g/mol.